The number of benzene rings is 1. The highest BCUT2D eigenvalue weighted by molar-refractivity contribution is 9.10. The van der Waals surface area contributed by atoms with Gasteiger partial charge in [-0.15, -0.1) is 0 Å². The van der Waals surface area contributed by atoms with E-state index in [9.17, 15) is 9.59 Å². The zero-order valence-corrected chi connectivity index (χ0v) is 20.9. The van der Waals surface area contributed by atoms with Gasteiger partial charge in [0.1, 0.15) is 11.0 Å². The summed E-state index contributed by atoms with van der Waals surface area (Å²) in [6.45, 7) is 7.24. The van der Waals surface area contributed by atoms with E-state index in [1.807, 2.05) is 18.2 Å². The fraction of sp³-hybridized carbons (Fsp3) is 0.560. The summed E-state index contributed by atoms with van der Waals surface area (Å²) in [6.07, 6.45) is 4.97. The zero-order chi connectivity index (χ0) is 23.3. The minimum absolute atomic E-state index is 0.0412. The Morgan fingerprint density at radius 3 is 2.82 bits per heavy atom. The number of ether oxygens (including phenoxy) is 2. The van der Waals surface area contributed by atoms with Gasteiger partial charge in [-0.1, -0.05) is 26.8 Å². The van der Waals surface area contributed by atoms with Gasteiger partial charge >= 0.3 is 0 Å². The van der Waals surface area contributed by atoms with Gasteiger partial charge < -0.3 is 14.8 Å². The number of aromatic nitrogens is 2. The number of fused-ring (bicyclic) bond motifs is 3. The van der Waals surface area contributed by atoms with Crippen molar-refractivity contribution in [2.45, 2.75) is 59.0 Å². The van der Waals surface area contributed by atoms with Crippen molar-refractivity contribution in [3.8, 4) is 11.5 Å². The average Bonchev–Trinajstić information content (AvgIpc) is 3.26. The van der Waals surface area contributed by atoms with Crippen molar-refractivity contribution >= 4 is 27.4 Å². The van der Waals surface area contributed by atoms with Gasteiger partial charge in [0, 0.05) is 12.5 Å². The molecule has 0 unspecified atom stereocenters. The number of nitrogens with zero attached hydrogens (tertiary/aromatic N) is 2. The van der Waals surface area contributed by atoms with Crippen LogP contribution in [0.2, 0.25) is 0 Å². The molecule has 176 valence electrons. The summed E-state index contributed by atoms with van der Waals surface area (Å²) in [5.41, 5.74) is 1.83. The Labute approximate surface area is 202 Å². The molecule has 3 aliphatic carbocycles. The van der Waals surface area contributed by atoms with E-state index in [0.717, 1.165) is 23.7 Å². The Morgan fingerprint density at radius 2 is 2.06 bits per heavy atom. The van der Waals surface area contributed by atoms with Crippen LogP contribution >= 0.6 is 15.9 Å². The molecule has 2 aromatic rings. The summed E-state index contributed by atoms with van der Waals surface area (Å²) >= 11 is 3.45. The van der Waals surface area contributed by atoms with E-state index in [4.69, 9.17) is 9.47 Å². The number of rotatable bonds is 7. The van der Waals surface area contributed by atoms with Gasteiger partial charge in [-0.2, -0.15) is 5.10 Å². The molecule has 3 fully saturated rings. The molecule has 1 N–H and O–H groups in total. The smallest absolute Gasteiger partial charge is 0.283 e. The first-order valence-corrected chi connectivity index (χ1v) is 12.5. The second kappa shape index (κ2) is 8.46. The molecule has 6 rings (SSSR count). The van der Waals surface area contributed by atoms with Gasteiger partial charge in [0.05, 0.1) is 11.9 Å². The predicted molar refractivity (Wildman–Crippen MR) is 129 cm³/mol. The lowest BCUT2D eigenvalue weighted by Crippen LogP contribution is -2.58. The molecule has 1 aromatic carbocycles. The number of ketones is 1. The van der Waals surface area contributed by atoms with Gasteiger partial charge in [0.25, 0.3) is 5.56 Å². The summed E-state index contributed by atoms with van der Waals surface area (Å²) in [6, 6.07) is 6.02. The topological polar surface area (TPSA) is 82.5 Å². The van der Waals surface area contributed by atoms with Crippen molar-refractivity contribution in [2.24, 2.45) is 23.2 Å². The number of aryl methyl sites for hydroxylation is 1. The second-order valence-electron chi connectivity index (χ2n) is 10.3. The fourth-order valence-corrected chi connectivity index (χ4v) is 6.27. The maximum absolute atomic E-state index is 12.9. The Hall–Kier alpha value is -2.35. The van der Waals surface area contributed by atoms with Crippen LogP contribution in [0.25, 0.3) is 0 Å². The average molecular weight is 516 g/mol. The molecule has 33 heavy (non-hydrogen) atoms. The van der Waals surface area contributed by atoms with Crippen molar-refractivity contribution < 1.29 is 14.3 Å². The van der Waals surface area contributed by atoms with E-state index in [-0.39, 0.29) is 24.7 Å². The lowest BCUT2D eigenvalue weighted by atomic mass is 9.45. The largest absolute Gasteiger partial charge is 0.454 e. The monoisotopic (exact) mass is 515 g/mol. The van der Waals surface area contributed by atoms with E-state index in [1.165, 1.54) is 11.1 Å². The molecule has 2 heterocycles. The maximum atomic E-state index is 12.9. The van der Waals surface area contributed by atoms with Gasteiger partial charge in [-0.05, 0) is 76.1 Å². The van der Waals surface area contributed by atoms with Gasteiger partial charge in [-0.25, -0.2) is 4.68 Å². The Balaban J connectivity index is 1.20. The molecule has 0 radical (unpaired) electrons. The minimum Gasteiger partial charge on any atom is -0.454 e. The molecule has 7 nitrogen and oxygen atoms in total. The molecule has 1 aliphatic heterocycles. The highest BCUT2D eigenvalue weighted by Crippen LogP contribution is 2.61. The second-order valence-corrected chi connectivity index (χ2v) is 11.1. The molecule has 0 amide bonds. The van der Waals surface area contributed by atoms with Gasteiger partial charge in [0.15, 0.2) is 17.3 Å². The van der Waals surface area contributed by atoms with Crippen molar-refractivity contribution in [3.63, 3.8) is 0 Å². The zero-order valence-electron chi connectivity index (χ0n) is 19.3. The predicted octanol–water partition coefficient (Wildman–Crippen LogP) is 4.42. The van der Waals surface area contributed by atoms with Crippen molar-refractivity contribution in [3.05, 3.63) is 44.8 Å². The molecule has 8 heteroatoms. The molecular weight excluding hydrogens is 486 g/mol. The molecule has 4 atom stereocenters. The van der Waals surface area contributed by atoms with Crippen LogP contribution in [0.1, 0.15) is 45.6 Å². The van der Waals surface area contributed by atoms with Crippen LogP contribution in [0, 0.1) is 23.2 Å². The highest BCUT2D eigenvalue weighted by atomic mass is 79.9. The van der Waals surface area contributed by atoms with Crippen molar-refractivity contribution in [1.82, 2.24) is 9.78 Å². The number of hydrogen-bond donors (Lipinski definition) is 1. The Kier molecular flexibility index (Phi) is 5.75. The number of Topliss-reactive ketones (excluding diaryl/α,β-unsaturated/α-hetero) is 1. The number of nitrogens with one attached hydrogen (secondary N) is 1. The quantitative estimate of drug-likeness (QED) is 0.587. The minimum atomic E-state index is -0.287. The van der Waals surface area contributed by atoms with Crippen LogP contribution in [-0.2, 0) is 17.8 Å². The summed E-state index contributed by atoms with van der Waals surface area (Å²) in [7, 11) is 0. The van der Waals surface area contributed by atoms with E-state index in [1.54, 1.807) is 6.20 Å². The molecule has 3 saturated carbocycles. The Bertz CT molecular complexity index is 1140. The van der Waals surface area contributed by atoms with E-state index < -0.39 is 0 Å². The summed E-state index contributed by atoms with van der Waals surface area (Å²) in [4.78, 5) is 25.4. The van der Waals surface area contributed by atoms with E-state index >= 15 is 0 Å². The SMILES string of the molecule is C[C@H]1[C@H](Nc2cnn(CC(=O)CCc3ccc4c(c3)OCO4)c(=O)c2Br)C[C@H]2C[C@@H]1C2(C)C. The fourth-order valence-electron chi connectivity index (χ4n) is 5.84. The number of hydrogen-bond acceptors (Lipinski definition) is 6. The number of anilines is 1. The molecule has 0 saturated heterocycles. The third-order valence-corrected chi connectivity index (χ3v) is 8.90. The molecule has 0 spiro atoms. The lowest BCUT2D eigenvalue weighted by molar-refractivity contribution is -0.119. The molecular formula is C25H30BrN3O4. The third kappa shape index (κ3) is 4.07. The van der Waals surface area contributed by atoms with E-state index in [2.05, 4.69) is 47.1 Å². The summed E-state index contributed by atoms with van der Waals surface area (Å²) < 4.78 is 12.4. The Morgan fingerprint density at radius 1 is 1.27 bits per heavy atom. The van der Waals surface area contributed by atoms with Crippen LogP contribution in [-0.4, -0.2) is 28.4 Å². The number of carbonyl (C=O) groups is 1. The van der Waals surface area contributed by atoms with Crippen LogP contribution in [0.15, 0.2) is 33.7 Å². The van der Waals surface area contributed by atoms with Gasteiger partial charge in [-0.3, -0.25) is 9.59 Å². The van der Waals surface area contributed by atoms with Crippen LogP contribution in [0.5, 0.6) is 11.5 Å². The first-order valence-electron chi connectivity index (χ1n) is 11.7. The van der Waals surface area contributed by atoms with Crippen LogP contribution in [0.3, 0.4) is 0 Å². The van der Waals surface area contributed by atoms with Crippen molar-refractivity contribution in [1.29, 1.82) is 0 Å². The van der Waals surface area contributed by atoms with Crippen LogP contribution < -0.4 is 20.3 Å². The molecule has 4 aliphatic rings. The van der Waals surface area contributed by atoms with Crippen LogP contribution in [0.4, 0.5) is 5.69 Å². The highest BCUT2D eigenvalue weighted by Gasteiger charge is 2.56. The summed E-state index contributed by atoms with van der Waals surface area (Å²) in [5, 5.41) is 7.84. The maximum Gasteiger partial charge on any atom is 0.283 e. The first-order chi connectivity index (χ1) is 15.7. The first kappa shape index (κ1) is 22.4. The molecule has 1 aromatic heterocycles. The normalized spacial score (nSPS) is 26.5. The lowest BCUT2D eigenvalue weighted by Gasteiger charge is -2.62. The molecule has 2 bridgehead atoms. The number of carbonyl (C=O) groups excluding carboxylic acids is 1. The standard InChI is InChI=1S/C25H30BrN3O4/c1-14-18-9-16(25(18,2)3)10-19(14)28-20-11-27-29(24(31)23(20)26)12-17(30)6-4-15-5-7-21-22(8-15)33-13-32-21/h5,7-8,11,14,16,18-19,28H,4,6,9-10,12-13H2,1-3H3/t14-,16-,18+,19-/m1/s1. The summed E-state index contributed by atoms with van der Waals surface area (Å²) in [5.74, 6) is 3.37. The van der Waals surface area contributed by atoms with E-state index in [0.29, 0.717) is 52.0 Å². The van der Waals surface area contributed by atoms with Gasteiger partial charge in [0.2, 0.25) is 6.79 Å². The van der Waals surface area contributed by atoms with Crippen molar-refractivity contribution in [2.75, 3.05) is 12.1 Å². The number of halogens is 1. The third-order valence-electron chi connectivity index (χ3n) is 8.14.